The first-order valence-corrected chi connectivity index (χ1v) is 7.54. The van der Waals surface area contributed by atoms with E-state index in [1.54, 1.807) is 24.3 Å². The lowest BCUT2D eigenvalue weighted by atomic mass is 10.2. The van der Waals surface area contributed by atoms with E-state index in [2.05, 4.69) is 5.32 Å². The molecule has 2 aromatic carbocycles. The van der Waals surface area contributed by atoms with E-state index < -0.39 is 18.0 Å². The van der Waals surface area contributed by atoms with E-state index >= 15 is 0 Å². The van der Waals surface area contributed by atoms with Gasteiger partial charge >= 0.3 is 5.97 Å². The van der Waals surface area contributed by atoms with Gasteiger partial charge < -0.3 is 19.5 Å². The average molecular weight is 327 g/mol. The van der Waals surface area contributed by atoms with E-state index in [9.17, 15) is 9.59 Å². The van der Waals surface area contributed by atoms with Gasteiger partial charge in [0.2, 0.25) is 6.10 Å². The van der Waals surface area contributed by atoms with Crippen molar-refractivity contribution in [2.45, 2.75) is 13.0 Å². The Morgan fingerprint density at radius 3 is 2.62 bits per heavy atom. The summed E-state index contributed by atoms with van der Waals surface area (Å²) in [5.41, 5.74) is 1.61. The number of hydrogen-bond acceptors (Lipinski definition) is 5. The molecule has 0 fully saturated rings. The van der Waals surface area contributed by atoms with Crippen molar-refractivity contribution in [2.75, 3.05) is 18.5 Å². The fraction of sp³-hybridized carbons (Fsp3) is 0.222. The van der Waals surface area contributed by atoms with Crippen LogP contribution in [0.15, 0.2) is 48.5 Å². The molecule has 1 aliphatic rings. The Balaban J connectivity index is 1.51. The van der Waals surface area contributed by atoms with Gasteiger partial charge in [0.25, 0.3) is 5.91 Å². The van der Waals surface area contributed by atoms with E-state index in [0.29, 0.717) is 17.2 Å². The largest absolute Gasteiger partial charge is 0.485 e. The minimum absolute atomic E-state index is 0.0509. The molecule has 1 aliphatic heterocycles. The highest BCUT2D eigenvalue weighted by molar-refractivity contribution is 5.93. The Morgan fingerprint density at radius 2 is 1.83 bits per heavy atom. The van der Waals surface area contributed by atoms with Crippen molar-refractivity contribution < 1.29 is 23.8 Å². The third-order valence-electron chi connectivity index (χ3n) is 3.54. The van der Waals surface area contributed by atoms with Crippen LogP contribution in [0.4, 0.5) is 5.69 Å². The van der Waals surface area contributed by atoms with Crippen molar-refractivity contribution in [2.24, 2.45) is 0 Å². The molecule has 0 aromatic heterocycles. The van der Waals surface area contributed by atoms with Gasteiger partial charge in [-0.2, -0.15) is 0 Å². The number of rotatable bonds is 4. The van der Waals surface area contributed by atoms with Gasteiger partial charge in [0.05, 0.1) is 0 Å². The van der Waals surface area contributed by atoms with Crippen LogP contribution in [0, 0.1) is 6.92 Å². The maximum Gasteiger partial charge on any atom is 0.351 e. The van der Waals surface area contributed by atoms with Crippen molar-refractivity contribution in [3.63, 3.8) is 0 Å². The summed E-state index contributed by atoms with van der Waals surface area (Å²) in [5.74, 6) is 0.0214. The Kier molecular flexibility index (Phi) is 4.65. The summed E-state index contributed by atoms with van der Waals surface area (Å²) >= 11 is 0. The van der Waals surface area contributed by atoms with Gasteiger partial charge in [0.15, 0.2) is 18.1 Å². The molecule has 3 rings (SSSR count). The summed E-state index contributed by atoms with van der Waals surface area (Å²) in [6.45, 7) is 1.55. The standard InChI is InChI=1S/C18H17NO5/c1-12-6-2-3-7-13(12)19-17(20)11-23-18(21)16-10-22-14-8-4-5-9-15(14)24-16/h2-9,16H,10-11H2,1H3,(H,19,20). The van der Waals surface area contributed by atoms with Gasteiger partial charge in [-0.1, -0.05) is 30.3 Å². The van der Waals surface area contributed by atoms with E-state index in [4.69, 9.17) is 14.2 Å². The summed E-state index contributed by atoms with van der Waals surface area (Å²) in [6.07, 6.45) is -0.883. The molecule has 0 saturated heterocycles. The molecule has 6 heteroatoms. The minimum Gasteiger partial charge on any atom is -0.485 e. The minimum atomic E-state index is -0.883. The number of hydrogen-bond donors (Lipinski definition) is 1. The summed E-state index contributed by atoms with van der Waals surface area (Å²) in [5, 5.41) is 2.70. The number of nitrogens with one attached hydrogen (secondary N) is 1. The Bertz CT molecular complexity index is 759. The molecule has 6 nitrogen and oxygen atoms in total. The smallest absolute Gasteiger partial charge is 0.351 e. The third-order valence-corrected chi connectivity index (χ3v) is 3.54. The molecule has 124 valence electrons. The van der Waals surface area contributed by atoms with Crippen molar-refractivity contribution in [1.82, 2.24) is 0 Å². The second-order valence-electron chi connectivity index (χ2n) is 5.34. The number of esters is 1. The fourth-order valence-corrected chi connectivity index (χ4v) is 2.26. The predicted octanol–water partition coefficient (Wildman–Crippen LogP) is 2.32. The van der Waals surface area contributed by atoms with Crippen molar-refractivity contribution in [3.05, 3.63) is 54.1 Å². The second-order valence-corrected chi connectivity index (χ2v) is 5.34. The van der Waals surface area contributed by atoms with Crippen LogP contribution < -0.4 is 14.8 Å². The first-order valence-electron chi connectivity index (χ1n) is 7.54. The first-order chi connectivity index (χ1) is 11.6. The molecular weight excluding hydrogens is 310 g/mol. The normalized spacial score (nSPS) is 15.5. The highest BCUT2D eigenvalue weighted by Gasteiger charge is 2.29. The SMILES string of the molecule is Cc1ccccc1NC(=O)COC(=O)C1COc2ccccc2O1. The monoisotopic (exact) mass is 327 g/mol. The molecule has 24 heavy (non-hydrogen) atoms. The number of carbonyl (C=O) groups is 2. The predicted molar refractivity (Wildman–Crippen MR) is 87.1 cm³/mol. The van der Waals surface area contributed by atoms with E-state index in [1.165, 1.54) is 0 Å². The number of anilines is 1. The lowest BCUT2D eigenvalue weighted by Crippen LogP contribution is -2.39. The van der Waals surface area contributed by atoms with Gasteiger partial charge in [-0.05, 0) is 30.7 Å². The summed E-state index contributed by atoms with van der Waals surface area (Å²) in [7, 11) is 0. The van der Waals surface area contributed by atoms with Crippen LogP contribution in [0.5, 0.6) is 11.5 Å². The third kappa shape index (κ3) is 3.65. The van der Waals surface area contributed by atoms with E-state index in [-0.39, 0.29) is 13.2 Å². The highest BCUT2D eigenvalue weighted by Crippen LogP contribution is 2.31. The zero-order valence-electron chi connectivity index (χ0n) is 13.2. The maximum absolute atomic E-state index is 12.0. The zero-order chi connectivity index (χ0) is 16.9. The van der Waals surface area contributed by atoms with E-state index in [0.717, 1.165) is 5.56 Å². The van der Waals surface area contributed by atoms with Crippen LogP contribution in [-0.4, -0.2) is 31.2 Å². The number of fused-ring (bicyclic) bond motifs is 1. The van der Waals surface area contributed by atoms with Crippen molar-refractivity contribution in [3.8, 4) is 11.5 Å². The van der Waals surface area contributed by atoms with Crippen LogP contribution in [0.25, 0.3) is 0 Å². The Labute approximate surface area is 139 Å². The average Bonchev–Trinajstić information content (AvgIpc) is 2.61. The molecule has 0 radical (unpaired) electrons. The molecule has 1 N–H and O–H groups in total. The van der Waals surface area contributed by atoms with Crippen LogP contribution in [-0.2, 0) is 14.3 Å². The molecule has 2 aromatic rings. The summed E-state index contributed by atoms with van der Waals surface area (Å²) in [4.78, 5) is 23.9. The van der Waals surface area contributed by atoms with Gasteiger partial charge in [0.1, 0.15) is 6.61 Å². The summed E-state index contributed by atoms with van der Waals surface area (Å²) < 4.78 is 16.0. The molecule has 0 bridgehead atoms. The molecule has 0 spiro atoms. The van der Waals surface area contributed by atoms with Gasteiger partial charge in [-0.15, -0.1) is 0 Å². The molecule has 1 heterocycles. The topological polar surface area (TPSA) is 73.9 Å². The highest BCUT2D eigenvalue weighted by atomic mass is 16.6. The van der Waals surface area contributed by atoms with Crippen LogP contribution in [0.2, 0.25) is 0 Å². The fourth-order valence-electron chi connectivity index (χ4n) is 2.26. The molecule has 0 saturated carbocycles. The van der Waals surface area contributed by atoms with Crippen molar-refractivity contribution in [1.29, 1.82) is 0 Å². The van der Waals surface area contributed by atoms with Crippen molar-refractivity contribution >= 4 is 17.6 Å². The number of carbonyl (C=O) groups excluding carboxylic acids is 2. The molecule has 1 amide bonds. The second kappa shape index (κ2) is 7.04. The Hall–Kier alpha value is -3.02. The number of aryl methyl sites for hydroxylation is 1. The number of ether oxygens (including phenoxy) is 3. The molecule has 0 aliphatic carbocycles. The summed E-state index contributed by atoms with van der Waals surface area (Å²) in [6, 6.07) is 14.4. The number of benzene rings is 2. The molecular formula is C18H17NO5. The van der Waals surface area contributed by atoms with E-state index in [1.807, 2.05) is 31.2 Å². The van der Waals surface area contributed by atoms with Crippen LogP contribution in [0.1, 0.15) is 5.56 Å². The zero-order valence-corrected chi connectivity index (χ0v) is 13.2. The lowest BCUT2D eigenvalue weighted by Gasteiger charge is -2.24. The number of amides is 1. The molecule has 1 atom stereocenters. The number of para-hydroxylation sites is 3. The van der Waals surface area contributed by atoms with Crippen LogP contribution >= 0.6 is 0 Å². The first kappa shape index (κ1) is 15.9. The quantitative estimate of drug-likeness (QED) is 0.873. The molecule has 1 unspecified atom stereocenters. The lowest BCUT2D eigenvalue weighted by molar-refractivity contribution is -0.156. The van der Waals surface area contributed by atoms with Gasteiger partial charge in [-0.25, -0.2) is 4.79 Å². The van der Waals surface area contributed by atoms with Gasteiger partial charge in [-0.3, -0.25) is 4.79 Å². The van der Waals surface area contributed by atoms with Gasteiger partial charge in [0, 0.05) is 5.69 Å². The van der Waals surface area contributed by atoms with Crippen LogP contribution in [0.3, 0.4) is 0 Å². The Morgan fingerprint density at radius 1 is 1.12 bits per heavy atom. The maximum atomic E-state index is 12.0.